The van der Waals surface area contributed by atoms with Gasteiger partial charge in [-0.2, -0.15) is 5.26 Å². The van der Waals surface area contributed by atoms with E-state index >= 15 is 0 Å². The SMILES string of the molecule is COc1cccc(-c2cc(-c3ccc(N)cc3)[nH]c(=O)c2C#N)c1. The molecule has 1 heterocycles. The Kier molecular flexibility index (Phi) is 4.04. The van der Waals surface area contributed by atoms with Crippen LogP contribution in [0.1, 0.15) is 5.56 Å². The fourth-order valence-electron chi connectivity index (χ4n) is 2.51. The maximum Gasteiger partial charge on any atom is 0.266 e. The number of nitrogens with zero attached hydrogens (tertiary/aromatic N) is 1. The number of pyridine rings is 1. The van der Waals surface area contributed by atoms with E-state index in [9.17, 15) is 10.1 Å². The average molecular weight is 317 g/mol. The maximum absolute atomic E-state index is 12.3. The summed E-state index contributed by atoms with van der Waals surface area (Å²) in [5, 5.41) is 9.37. The molecule has 0 amide bonds. The summed E-state index contributed by atoms with van der Waals surface area (Å²) in [5.41, 5.74) is 8.73. The third-order valence-electron chi connectivity index (χ3n) is 3.75. The van der Waals surface area contributed by atoms with Crippen molar-refractivity contribution in [2.75, 3.05) is 12.8 Å². The molecule has 3 N–H and O–H groups in total. The van der Waals surface area contributed by atoms with Crippen molar-refractivity contribution in [3.05, 3.63) is 70.5 Å². The topological polar surface area (TPSA) is 91.9 Å². The van der Waals surface area contributed by atoms with Crippen molar-refractivity contribution in [3.63, 3.8) is 0 Å². The standard InChI is InChI=1S/C19H15N3O2/c1-24-15-4-2-3-13(9-15)16-10-18(22-19(23)17(16)11-20)12-5-7-14(21)8-6-12/h2-10H,21H2,1H3,(H,22,23). The Morgan fingerprint density at radius 3 is 2.50 bits per heavy atom. The first-order valence-corrected chi connectivity index (χ1v) is 7.30. The molecule has 0 saturated heterocycles. The number of nitrogens with one attached hydrogen (secondary N) is 1. The van der Waals surface area contributed by atoms with Crippen LogP contribution in [-0.4, -0.2) is 12.1 Å². The highest BCUT2D eigenvalue weighted by Gasteiger charge is 2.13. The molecule has 0 radical (unpaired) electrons. The van der Waals surface area contributed by atoms with Crippen LogP contribution >= 0.6 is 0 Å². The molecule has 5 nitrogen and oxygen atoms in total. The molecule has 24 heavy (non-hydrogen) atoms. The minimum atomic E-state index is -0.426. The smallest absolute Gasteiger partial charge is 0.266 e. The molecule has 3 aromatic rings. The van der Waals surface area contributed by atoms with Gasteiger partial charge in [-0.1, -0.05) is 24.3 Å². The van der Waals surface area contributed by atoms with Crippen LogP contribution in [0, 0.1) is 11.3 Å². The summed E-state index contributed by atoms with van der Waals surface area (Å²) in [7, 11) is 1.57. The van der Waals surface area contributed by atoms with E-state index < -0.39 is 5.56 Å². The van der Waals surface area contributed by atoms with E-state index in [0.29, 0.717) is 22.7 Å². The minimum absolute atomic E-state index is 0.0717. The lowest BCUT2D eigenvalue weighted by molar-refractivity contribution is 0.415. The number of nitriles is 1. The van der Waals surface area contributed by atoms with Crippen molar-refractivity contribution < 1.29 is 4.74 Å². The molecule has 0 aliphatic rings. The predicted molar refractivity (Wildman–Crippen MR) is 93.6 cm³/mol. The number of ether oxygens (including phenoxy) is 1. The molecule has 118 valence electrons. The van der Waals surface area contributed by atoms with Crippen LogP contribution in [0.3, 0.4) is 0 Å². The van der Waals surface area contributed by atoms with Crippen molar-refractivity contribution in [1.29, 1.82) is 5.26 Å². The van der Waals surface area contributed by atoms with Gasteiger partial charge >= 0.3 is 0 Å². The number of aromatic nitrogens is 1. The Bertz CT molecular complexity index is 983. The number of hydrogen-bond acceptors (Lipinski definition) is 4. The number of hydrogen-bond donors (Lipinski definition) is 2. The summed E-state index contributed by atoms with van der Waals surface area (Å²) in [4.78, 5) is 15.1. The Hall–Kier alpha value is -3.52. The van der Waals surface area contributed by atoms with Gasteiger partial charge in [0.05, 0.1) is 7.11 Å². The summed E-state index contributed by atoms with van der Waals surface area (Å²) in [6.07, 6.45) is 0. The van der Waals surface area contributed by atoms with Gasteiger partial charge < -0.3 is 15.5 Å². The zero-order valence-corrected chi connectivity index (χ0v) is 13.0. The molecule has 0 bridgehead atoms. The van der Waals surface area contributed by atoms with Crippen molar-refractivity contribution >= 4 is 5.69 Å². The molecule has 0 aliphatic heterocycles. The fraction of sp³-hybridized carbons (Fsp3) is 0.0526. The number of rotatable bonds is 3. The zero-order chi connectivity index (χ0) is 17.1. The van der Waals surface area contributed by atoms with Crippen LogP contribution in [0.4, 0.5) is 5.69 Å². The zero-order valence-electron chi connectivity index (χ0n) is 13.0. The minimum Gasteiger partial charge on any atom is -0.497 e. The molecular formula is C19H15N3O2. The highest BCUT2D eigenvalue weighted by molar-refractivity contribution is 5.76. The van der Waals surface area contributed by atoms with Crippen LogP contribution in [0.25, 0.3) is 22.4 Å². The van der Waals surface area contributed by atoms with Gasteiger partial charge in [-0.05, 0) is 41.5 Å². The van der Waals surface area contributed by atoms with E-state index in [2.05, 4.69) is 4.98 Å². The molecular weight excluding hydrogens is 302 g/mol. The Balaban J connectivity index is 2.22. The van der Waals surface area contributed by atoms with Gasteiger partial charge in [-0.15, -0.1) is 0 Å². The second-order valence-corrected chi connectivity index (χ2v) is 5.27. The largest absolute Gasteiger partial charge is 0.497 e. The number of aromatic amines is 1. The van der Waals surface area contributed by atoms with Crippen molar-refractivity contribution in [3.8, 4) is 34.2 Å². The van der Waals surface area contributed by atoms with Crippen molar-refractivity contribution in [1.82, 2.24) is 4.98 Å². The summed E-state index contributed by atoms with van der Waals surface area (Å²) < 4.78 is 5.23. The lowest BCUT2D eigenvalue weighted by Gasteiger charge is -2.09. The van der Waals surface area contributed by atoms with Crippen LogP contribution in [0.15, 0.2) is 59.4 Å². The van der Waals surface area contributed by atoms with Gasteiger partial charge in [0.2, 0.25) is 0 Å². The molecule has 2 aromatic carbocycles. The first-order valence-electron chi connectivity index (χ1n) is 7.30. The molecule has 0 atom stereocenters. The van der Waals surface area contributed by atoms with E-state index in [4.69, 9.17) is 10.5 Å². The Morgan fingerprint density at radius 1 is 1.08 bits per heavy atom. The van der Waals surface area contributed by atoms with Gasteiger partial charge in [0.15, 0.2) is 0 Å². The molecule has 0 aliphatic carbocycles. The third-order valence-corrected chi connectivity index (χ3v) is 3.75. The first kappa shape index (κ1) is 15.4. The second-order valence-electron chi connectivity index (χ2n) is 5.27. The molecule has 0 saturated carbocycles. The van der Waals surface area contributed by atoms with Gasteiger partial charge in [0.25, 0.3) is 5.56 Å². The van der Waals surface area contributed by atoms with E-state index in [1.54, 1.807) is 31.4 Å². The van der Waals surface area contributed by atoms with Crippen LogP contribution in [-0.2, 0) is 0 Å². The normalized spacial score (nSPS) is 10.2. The number of anilines is 1. The molecule has 1 aromatic heterocycles. The maximum atomic E-state index is 12.3. The molecule has 0 spiro atoms. The number of H-pyrrole nitrogens is 1. The number of methoxy groups -OCH3 is 1. The van der Waals surface area contributed by atoms with E-state index in [1.807, 2.05) is 36.4 Å². The lowest BCUT2D eigenvalue weighted by Crippen LogP contribution is -2.12. The Morgan fingerprint density at radius 2 is 1.83 bits per heavy atom. The number of nitrogens with two attached hydrogens (primary N) is 1. The quantitative estimate of drug-likeness (QED) is 0.726. The monoisotopic (exact) mass is 317 g/mol. The summed E-state index contributed by atoms with van der Waals surface area (Å²) >= 11 is 0. The Labute approximate surface area is 139 Å². The first-order chi connectivity index (χ1) is 11.6. The van der Waals surface area contributed by atoms with Crippen LogP contribution in [0.2, 0.25) is 0 Å². The number of benzene rings is 2. The van der Waals surface area contributed by atoms with Gasteiger partial charge in [0, 0.05) is 16.9 Å². The summed E-state index contributed by atoms with van der Waals surface area (Å²) in [6, 6.07) is 18.2. The highest BCUT2D eigenvalue weighted by atomic mass is 16.5. The summed E-state index contributed by atoms with van der Waals surface area (Å²) in [6.45, 7) is 0. The van der Waals surface area contributed by atoms with Gasteiger partial charge in [-0.3, -0.25) is 4.79 Å². The fourth-order valence-corrected chi connectivity index (χ4v) is 2.51. The predicted octanol–water partition coefficient (Wildman–Crippen LogP) is 3.17. The van der Waals surface area contributed by atoms with Crippen LogP contribution < -0.4 is 16.0 Å². The van der Waals surface area contributed by atoms with Gasteiger partial charge in [-0.25, -0.2) is 0 Å². The second kappa shape index (κ2) is 6.31. The van der Waals surface area contributed by atoms with E-state index in [1.165, 1.54) is 0 Å². The van der Waals surface area contributed by atoms with Crippen LogP contribution in [0.5, 0.6) is 5.75 Å². The lowest BCUT2D eigenvalue weighted by atomic mass is 9.99. The average Bonchev–Trinajstić information content (AvgIpc) is 2.61. The number of nitrogen functional groups attached to an aromatic ring is 1. The van der Waals surface area contributed by atoms with E-state index in [-0.39, 0.29) is 5.56 Å². The molecule has 3 rings (SSSR count). The van der Waals surface area contributed by atoms with Gasteiger partial charge in [0.1, 0.15) is 17.4 Å². The van der Waals surface area contributed by atoms with Crippen molar-refractivity contribution in [2.45, 2.75) is 0 Å². The third kappa shape index (κ3) is 2.85. The molecule has 0 unspecified atom stereocenters. The van der Waals surface area contributed by atoms with Crippen molar-refractivity contribution in [2.24, 2.45) is 0 Å². The molecule has 5 heteroatoms. The summed E-state index contributed by atoms with van der Waals surface area (Å²) in [5.74, 6) is 0.658. The van der Waals surface area contributed by atoms with E-state index in [0.717, 1.165) is 11.1 Å². The molecule has 0 fully saturated rings. The highest BCUT2D eigenvalue weighted by Crippen LogP contribution is 2.28.